The molecular formula is C13H18ClN3O4. The fraction of sp³-hybridized carbons (Fsp3) is 0.538. The van der Waals surface area contributed by atoms with Crippen molar-refractivity contribution in [2.75, 3.05) is 20.3 Å². The summed E-state index contributed by atoms with van der Waals surface area (Å²) in [5, 5.41) is 10.8. The fourth-order valence-corrected chi connectivity index (χ4v) is 1.96. The molecule has 0 aromatic carbocycles. The molecule has 116 valence electrons. The van der Waals surface area contributed by atoms with Gasteiger partial charge in [-0.15, -0.1) is 0 Å². The Morgan fingerprint density at radius 3 is 2.81 bits per heavy atom. The van der Waals surface area contributed by atoms with E-state index in [1.165, 1.54) is 0 Å². The van der Waals surface area contributed by atoms with Gasteiger partial charge >= 0.3 is 0 Å². The zero-order valence-electron chi connectivity index (χ0n) is 12.2. The Bertz CT molecular complexity index is 524. The minimum absolute atomic E-state index is 0.0299. The van der Waals surface area contributed by atoms with E-state index >= 15 is 0 Å². The van der Waals surface area contributed by atoms with Crippen LogP contribution in [0.5, 0.6) is 0 Å². The van der Waals surface area contributed by atoms with Gasteiger partial charge in [0.1, 0.15) is 11.3 Å². The molecule has 1 unspecified atom stereocenters. The third-order valence-corrected chi connectivity index (χ3v) is 3.49. The first-order chi connectivity index (χ1) is 9.92. The third-order valence-electron chi connectivity index (χ3n) is 3.19. The number of carbonyl (C=O) groups excluding carboxylic acids is 1. The molecule has 0 saturated heterocycles. The molecule has 0 aliphatic rings. The normalized spacial score (nSPS) is 12.0. The van der Waals surface area contributed by atoms with Crippen LogP contribution in [0.3, 0.4) is 0 Å². The van der Waals surface area contributed by atoms with Gasteiger partial charge in [-0.3, -0.25) is 14.9 Å². The van der Waals surface area contributed by atoms with E-state index in [0.29, 0.717) is 13.2 Å². The van der Waals surface area contributed by atoms with Crippen LogP contribution in [-0.4, -0.2) is 47.0 Å². The minimum Gasteiger partial charge on any atom is -0.383 e. The second-order valence-electron chi connectivity index (χ2n) is 4.54. The predicted molar refractivity (Wildman–Crippen MR) is 78.6 cm³/mol. The molecule has 0 aliphatic heterocycles. The van der Waals surface area contributed by atoms with Crippen molar-refractivity contribution in [2.45, 2.75) is 26.3 Å². The number of carbonyl (C=O) groups is 1. The van der Waals surface area contributed by atoms with Crippen LogP contribution in [-0.2, 0) is 4.74 Å². The molecule has 8 heteroatoms. The maximum absolute atomic E-state index is 12.6. The second-order valence-corrected chi connectivity index (χ2v) is 4.90. The van der Waals surface area contributed by atoms with Gasteiger partial charge in [-0.2, -0.15) is 0 Å². The zero-order valence-corrected chi connectivity index (χ0v) is 13.0. The number of pyridine rings is 1. The SMILES string of the molecule is CCC(C)N(CCOC)C(=O)c1cc([N+](=O)[O-])cnc1Cl. The van der Waals surface area contributed by atoms with Gasteiger partial charge in [-0.25, -0.2) is 4.98 Å². The van der Waals surface area contributed by atoms with Crippen molar-refractivity contribution >= 4 is 23.2 Å². The standard InChI is InChI=1S/C13H18ClN3O4/c1-4-9(2)16(5-6-21-3)13(18)11-7-10(17(19)20)8-15-12(11)14/h7-9H,4-6H2,1-3H3. The molecule has 0 spiro atoms. The van der Waals surface area contributed by atoms with Gasteiger partial charge < -0.3 is 9.64 Å². The van der Waals surface area contributed by atoms with Crippen LogP contribution in [0.2, 0.25) is 5.15 Å². The largest absolute Gasteiger partial charge is 0.383 e. The average molecular weight is 316 g/mol. The van der Waals surface area contributed by atoms with Crippen molar-refractivity contribution in [3.63, 3.8) is 0 Å². The number of ether oxygens (including phenoxy) is 1. The molecule has 0 radical (unpaired) electrons. The van der Waals surface area contributed by atoms with E-state index in [9.17, 15) is 14.9 Å². The Morgan fingerprint density at radius 1 is 1.62 bits per heavy atom. The number of rotatable bonds is 7. The maximum atomic E-state index is 12.6. The smallest absolute Gasteiger partial charge is 0.288 e. The van der Waals surface area contributed by atoms with Gasteiger partial charge in [-0.1, -0.05) is 18.5 Å². The summed E-state index contributed by atoms with van der Waals surface area (Å²) < 4.78 is 4.99. The van der Waals surface area contributed by atoms with E-state index in [2.05, 4.69) is 4.98 Å². The zero-order chi connectivity index (χ0) is 16.0. The fourth-order valence-electron chi connectivity index (χ4n) is 1.77. The summed E-state index contributed by atoms with van der Waals surface area (Å²) in [6, 6.07) is 1.11. The number of methoxy groups -OCH3 is 1. The van der Waals surface area contributed by atoms with E-state index in [1.807, 2.05) is 13.8 Å². The van der Waals surface area contributed by atoms with Crippen molar-refractivity contribution in [3.05, 3.63) is 33.1 Å². The van der Waals surface area contributed by atoms with Crippen LogP contribution in [0.1, 0.15) is 30.6 Å². The average Bonchev–Trinajstić information content (AvgIpc) is 2.47. The van der Waals surface area contributed by atoms with Gasteiger partial charge in [0.05, 0.1) is 17.1 Å². The highest BCUT2D eigenvalue weighted by Crippen LogP contribution is 2.22. The quantitative estimate of drug-likeness (QED) is 0.438. The first-order valence-corrected chi connectivity index (χ1v) is 6.90. The van der Waals surface area contributed by atoms with E-state index in [1.54, 1.807) is 12.0 Å². The predicted octanol–water partition coefficient (Wildman–Crippen LogP) is 2.53. The molecule has 0 bridgehead atoms. The summed E-state index contributed by atoms with van der Waals surface area (Å²) in [5.41, 5.74) is -0.235. The minimum atomic E-state index is -0.608. The highest BCUT2D eigenvalue weighted by atomic mass is 35.5. The number of nitro groups is 1. The summed E-state index contributed by atoms with van der Waals surface area (Å²) in [7, 11) is 1.54. The highest BCUT2D eigenvalue weighted by molar-refractivity contribution is 6.32. The Hall–Kier alpha value is -1.73. The van der Waals surface area contributed by atoms with Crippen LogP contribution < -0.4 is 0 Å². The van der Waals surface area contributed by atoms with Crippen LogP contribution in [0.4, 0.5) is 5.69 Å². The molecule has 1 amide bonds. The van der Waals surface area contributed by atoms with E-state index < -0.39 is 4.92 Å². The number of halogens is 1. The molecule has 0 aliphatic carbocycles. The van der Waals surface area contributed by atoms with Crippen molar-refractivity contribution in [1.82, 2.24) is 9.88 Å². The monoisotopic (exact) mass is 315 g/mol. The molecule has 7 nitrogen and oxygen atoms in total. The number of aromatic nitrogens is 1. The summed E-state index contributed by atoms with van der Waals surface area (Å²) in [5.74, 6) is -0.386. The molecule has 1 heterocycles. The van der Waals surface area contributed by atoms with Crippen molar-refractivity contribution in [3.8, 4) is 0 Å². The summed E-state index contributed by atoms with van der Waals surface area (Å²) in [6.45, 7) is 4.59. The van der Waals surface area contributed by atoms with E-state index in [-0.39, 0.29) is 28.4 Å². The van der Waals surface area contributed by atoms with Crippen molar-refractivity contribution in [2.24, 2.45) is 0 Å². The number of amides is 1. The Morgan fingerprint density at radius 2 is 2.29 bits per heavy atom. The maximum Gasteiger partial charge on any atom is 0.288 e. The lowest BCUT2D eigenvalue weighted by atomic mass is 10.1. The van der Waals surface area contributed by atoms with Gasteiger partial charge in [-0.05, 0) is 13.3 Å². The molecule has 1 aromatic heterocycles. The third kappa shape index (κ3) is 4.37. The Kier molecular flexibility index (Phi) is 6.51. The first-order valence-electron chi connectivity index (χ1n) is 6.52. The van der Waals surface area contributed by atoms with Crippen molar-refractivity contribution in [1.29, 1.82) is 0 Å². The Balaban J connectivity index is 3.12. The second kappa shape index (κ2) is 7.90. The molecule has 1 atom stereocenters. The van der Waals surface area contributed by atoms with Crippen LogP contribution in [0.15, 0.2) is 12.3 Å². The topological polar surface area (TPSA) is 85.6 Å². The first kappa shape index (κ1) is 17.3. The van der Waals surface area contributed by atoms with Gasteiger partial charge in [0.2, 0.25) is 0 Å². The van der Waals surface area contributed by atoms with E-state index in [4.69, 9.17) is 16.3 Å². The van der Waals surface area contributed by atoms with Gasteiger partial charge in [0, 0.05) is 25.8 Å². The van der Waals surface area contributed by atoms with Crippen LogP contribution in [0, 0.1) is 10.1 Å². The summed E-state index contributed by atoms with van der Waals surface area (Å²) in [6.07, 6.45) is 1.78. The molecule has 0 saturated carbocycles. The number of hydrogen-bond acceptors (Lipinski definition) is 5. The van der Waals surface area contributed by atoms with Gasteiger partial charge in [0.15, 0.2) is 0 Å². The van der Waals surface area contributed by atoms with E-state index in [0.717, 1.165) is 18.7 Å². The molecule has 21 heavy (non-hydrogen) atoms. The number of nitrogens with zero attached hydrogens (tertiary/aromatic N) is 3. The van der Waals surface area contributed by atoms with Gasteiger partial charge in [0.25, 0.3) is 11.6 Å². The van der Waals surface area contributed by atoms with Crippen molar-refractivity contribution < 1.29 is 14.5 Å². The molecule has 0 N–H and O–H groups in total. The lowest BCUT2D eigenvalue weighted by Gasteiger charge is -2.28. The van der Waals surface area contributed by atoms with Crippen LogP contribution >= 0.6 is 11.6 Å². The highest BCUT2D eigenvalue weighted by Gasteiger charge is 2.24. The number of hydrogen-bond donors (Lipinski definition) is 0. The lowest BCUT2D eigenvalue weighted by Crippen LogP contribution is -2.40. The molecule has 1 rings (SSSR count). The molecule has 1 aromatic rings. The summed E-state index contributed by atoms with van der Waals surface area (Å²) in [4.78, 5) is 28.1. The van der Waals surface area contributed by atoms with Crippen LogP contribution in [0.25, 0.3) is 0 Å². The lowest BCUT2D eigenvalue weighted by molar-refractivity contribution is -0.385. The molecular weight excluding hydrogens is 298 g/mol. The summed E-state index contributed by atoms with van der Waals surface area (Å²) >= 11 is 5.91. The Labute approximate surface area is 128 Å². The molecule has 0 fully saturated rings.